The summed E-state index contributed by atoms with van der Waals surface area (Å²) in [5.41, 5.74) is 3.24. The molecule has 0 radical (unpaired) electrons. The molecule has 0 aliphatic carbocycles. The van der Waals surface area contributed by atoms with E-state index in [1.165, 1.54) is 18.3 Å². The Morgan fingerprint density at radius 3 is 2.86 bits per heavy atom. The SMILES string of the molecule is CN1C=C(C2=C(Oc3cc(F)c(SNC4=CSCN4)cc3Cl)CN(C)C(c3ccnc(F)c3)=C2)C=CC1. The van der Waals surface area contributed by atoms with Crippen LogP contribution in [0, 0.1) is 11.8 Å². The van der Waals surface area contributed by atoms with Crippen molar-refractivity contribution in [3.8, 4) is 5.75 Å². The molecule has 0 saturated heterocycles. The van der Waals surface area contributed by atoms with E-state index in [0.717, 1.165) is 47.0 Å². The third kappa shape index (κ3) is 5.92. The summed E-state index contributed by atoms with van der Waals surface area (Å²) in [5.74, 6) is 1.42. The Morgan fingerprint density at radius 1 is 1.24 bits per heavy atom. The number of likely N-dealkylation sites (N-methyl/N-ethyl adjacent to an activating group) is 2. The molecule has 4 heterocycles. The fourth-order valence-corrected chi connectivity index (χ4v) is 5.66. The van der Waals surface area contributed by atoms with Gasteiger partial charge in [-0.3, -0.25) is 0 Å². The van der Waals surface area contributed by atoms with Gasteiger partial charge in [-0.1, -0.05) is 23.8 Å². The van der Waals surface area contributed by atoms with Crippen LogP contribution >= 0.6 is 35.3 Å². The molecule has 192 valence electrons. The fourth-order valence-electron chi connectivity index (χ4n) is 4.00. The highest BCUT2D eigenvalue weighted by Crippen LogP contribution is 2.37. The Balaban J connectivity index is 1.49. The van der Waals surface area contributed by atoms with Crippen molar-refractivity contribution >= 4 is 41.0 Å². The normalized spacial score (nSPS) is 17.4. The number of ether oxygens (including phenoxy) is 1. The maximum absolute atomic E-state index is 15.0. The van der Waals surface area contributed by atoms with Gasteiger partial charge in [0.25, 0.3) is 0 Å². The van der Waals surface area contributed by atoms with Gasteiger partial charge in [-0.05, 0) is 30.2 Å². The molecule has 2 aromatic rings. The molecule has 1 aromatic heterocycles. The summed E-state index contributed by atoms with van der Waals surface area (Å²) in [5, 5.41) is 5.37. The van der Waals surface area contributed by atoms with Crippen molar-refractivity contribution in [1.82, 2.24) is 24.8 Å². The molecule has 0 bridgehead atoms. The molecule has 0 atom stereocenters. The molecule has 0 unspecified atom stereocenters. The van der Waals surface area contributed by atoms with Crippen LogP contribution in [0.15, 0.2) is 87.9 Å². The molecule has 3 aliphatic rings. The second-order valence-corrected chi connectivity index (χ2v) is 10.7. The predicted octanol–water partition coefficient (Wildman–Crippen LogP) is 5.71. The van der Waals surface area contributed by atoms with Crippen molar-refractivity contribution in [2.75, 3.05) is 33.1 Å². The van der Waals surface area contributed by atoms with E-state index in [1.807, 2.05) is 42.8 Å². The van der Waals surface area contributed by atoms with E-state index in [-0.39, 0.29) is 5.75 Å². The minimum Gasteiger partial charge on any atom is -0.458 e. The minimum atomic E-state index is -0.552. The summed E-state index contributed by atoms with van der Waals surface area (Å²) < 4.78 is 38.2. The van der Waals surface area contributed by atoms with Crippen LogP contribution in [0.2, 0.25) is 5.02 Å². The second kappa shape index (κ2) is 11.1. The van der Waals surface area contributed by atoms with Crippen LogP contribution in [0.5, 0.6) is 5.75 Å². The van der Waals surface area contributed by atoms with Gasteiger partial charge in [-0.25, -0.2) is 9.37 Å². The van der Waals surface area contributed by atoms with Crippen LogP contribution in [0.25, 0.3) is 5.70 Å². The monoisotopic (exact) mass is 559 g/mol. The van der Waals surface area contributed by atoms with Gasteiger partial charge >= 0.3 is 0 Å². The van der Waals surface area contributed by atoms with Crippen LogP contribution in [-0.4, -0.2) is 47.8 Å². The zero-order valence-corrected chi connectivity index (χ0v) is 22.5. The Kier molecular flexibility index (Phi) is 7.68. The summed E-state index contributed by atoms with van der Waals surface area (Å²) in [4.78, 5) is 8.02. The molecule has 0 amide bonds. The highest BCUT2D eigenvalue weighted by molar-refractivity contribution is 8.02. The standard InChI is InChI=1S/C26H24ClF2N5OS2/c1-33-7-3-4-17(12-33)18-9-21(16-5-6-30-25(29)8-16)34(2)13-23(18)35-22-11-20(28)24(10-19(22)27)37-32-26-14-36-15-31-26/h3-6,8-12,14,31-32H,7,13,15H2,1-2H3. The Labute approximate surface area is 227 Å². The summed E-state index contributed by atoms with van der Waals surface area (Å²) in [7, 11) is 3.87. The van der Waals surface area contributed by atoms with Crippen LogP contribution in [0.4, 0.5) is 8.78 Å². The van der Waals surface area contributed by atoms with E-state index in [9.17, 15) is 4.39 Å². The van der Waals surface area contributed by atoms with E-state index >= 15 is 4.39 Å². The average Bonchev–Trinajstić information content (AvgIpc) is 3.39. The van der Waals surface area contributed by atoms with Crippen molar-refractivity contribution in [3.05, 3.63) is 105 Å². The molecule has 3 aliphatic heterocycles. The highest BCUT2D eigenvalue weighted by Gasteiger charge is 2.24. The predicted molar refractivity (Wildman–Crippen MR) is 146 cm³/mol. The molecule has 37 heavy (non-hydrogen) atoms. The lowest BCUT2D eigenvalue weighted by atomic mass is 9.96. The Bertz CT molecular complexity index is 1370. The largest absolute Gasteiger partial charge is 0.458 e. The fraction of sp³-hybridized carbons (Fsp3) is 0.192. The Hall–Kier alpha value is -3.08. The lowest BCUT2D eigenvalue weighted by Gasteiger charge is -2.31. The number of benzene rings is 1. The molecule has 0 spiro atoms. The van der Waals surface area contributed by atoms with Crippen molar-refractivity contribution in [3.63, 3.8) is 0 Å². The van der Waals surface area contributed by atoms with Crippen LogP contribution in [0.3, 0.4) is 0 Å². The minimum absolute atomic E-state index is 0.221. The first kappa shape index (κ1) is 25.6. The number of hydrogen-bond donors (Lipinski definition) is 2. The van der Waals surface area contributed by atoms with Crippen LogP contribution in [0.1, 0.15) is 5.56 Å². The molecule has 0 saturated carbocycles. The summed E-state index contributed by atoms with van der Waals surface area (Å²) in [6.07, 6.45) is 9.47. The Morgan fingerprint density at radius 2 is 2.11 bits per heavy atom. The number of nitrogens with zero attached hydrogens (tertiary/aromatic N) is 3. The van der Waals surface area contributed by atoms with Crippen molar-refractivity contribution in [2.45, 2.75) is 4.90 Å². The van der Waals surface area contributed by atoms with Gasteiger partial charge < -0.3 is 24.6 Å². The maximum atomic E-state index is 15.0. The van der Waals surface area contributed by atoms with Crippen LogP contribution in [-0.2, 0) is 0 Å². The molecule has 5 rings (SSSR count). The van der Waals surface area contributed by atoms with Crippen molar-refractivity contribution in [2.24, 2.45) is 0 Å². The average molecular weight is 560 g/mol. The number of thioether (sulfide) groups is 1. The first-order chi connectivity index (χ1) is 17.9. The van der Waals surface area contributed by atoms with E-state index in [2.05, 4.69) is 26.0 Å². The van der Waals surface area contributed by atoms with E-state index in [1.54, 1.807) is 23.9 Å². The number of rotatable bonds is 7. The first-order valence-electron chi connectivity index (χ1n) is 11.4. The number of halogens is 3. The third-order valence-corrected chi connectivity index (χ3v) is 7.66. The van der Waals surface area contributed by atoms with E-state index in [0.29, 0.717) is 27.8 Å². The molecule has 6 nitrogen and oxygen atoms in total. The molecular formula is C26H24ClF2N5OS2. The van der Waals surface area contributed by atoms with Crippen molar-refractivity contribution in [1.29, 1.82) is 0 Å². The van der Waals surface area contributed by atoms with E-state index < -0.39 is 11.8 Å². The van der Waals surface area contributed by atoms with Crippen LogP contribution < -0.4 is 14.8 Å². The number of nitrogens with one attached hydrogen (secondary N) is 2. The summed E-state index contributed by atoms with van der Waals surface area (Å²) >= 11 is 9.31. The molecule has 11 heteroatoms. The summed E-state index contributed by atoms with van der Waals surface area (Å²) in [6, 6.07) is 6.01. The molecule has 1 aromatic carbocycles. The van der Waals surface area contributed by atoms with Gasteiger partial charge in [0.15, 0.2) is 0 Å². The lowest BCUT2D eigenvalue weighted by Crippen LogP contribution is -2.27. The molecule has 0 fully saturated rings. The van der Waals surface area contributed by atoms with Gasteiger partial charge in [0.05, 0.1) is 22.3 Å². The number of pyridine rings is 1. The maximum Gasteiger partial charge on any atom is 0.213 e. The van der Waals surface area contributed by atoms with Crippen molar-refractivity contribution < 1.29 is 13.5 Å². The smallest absolute Gasteiger partial charge is 0.213 e. The van der Waals surface area contributed by atoms with E-state index in [4.69, 9.17) is 16.3 Å². The highest BCUT2D eigenvalue weighted by atomic mass is 35.5. The molecule has 2 N–H and O–H groups in total. The number of allylic oxidation sites excluding steroid dienone is 4. The summed E-state index contributed by atoms with van der Waals surface area (Å²) in [6.45, 7) is 1.15. The van der Waals surface area contributed by atoms with Gasteiger partial charge in [0, 0.05) is 73.0 Å². The van der Waals surface area contributed by atoms with Gasteiger partial charge in [-0.15, -0.1) is 11.8 Å². The van der Waals surface area contributed by atoms with Gasteiger partial charge in [-0.2, -0.15) is 4.39 Å². The number of hydrogen-bond acceptors (Lipinski definition) is 8. The zero-order chi connectivity index (χ0) is 25.9. The number of aromatic nitrogens is 1. The van der Waals surface area contributed by atoms with Gasteiger partial charge in [0.2, 0.25) is 5.95 Å². The topological polar surface area (TPSA) is 52.7 Å². The second-order valence-electron chi connectivity index (χ2n) is 8.55. The van der Waals surface area contributed by atoms with Gasteiger partial charge in [0.1, 0.15) is 23.1 Å². The zero-order valence-electron chi connectivity index (χ0n) is 20.1. The quantitative estimate of drug-likeness (QED) is 0.331. The first-order valence-corrected chi connectivity index (χ1v) is 13.6. The lowest BCUT2D eigenvalue weighted by molar-refractivity contribution is 0.351. The third-order valence-electron chi connectivity index (χ3n) is 5.79. The molecular weight excluding hydrogens is 536 g/mol.